The summed E-state index contributed by atoms with van der Waals surface area (Å²) in [6, 6.07) is 0.911. The lowest BCUT2D eigenvalue weighted by atomic mass is 9.72. The van der Waals surface area contributed by atoms with Crippen molar-refractivity contribution < 1.29 is 0 Å². The van der Waals surface area contributed by atoms with Crippen molar-refractivity contribution in [3.8, 4) is 0 Å². The minimum atomic E-state index is 0.583. The summed E-state index contributed by atoms with van der Waals surface area (Å²) in [4.78, 5) is 2.59. The number of hydrogen-bond acceptors (Lipinski definition) is 1. The second-order valence-corrected chi connectivity index (χ2v) is 5.36. The smallest absolute Gasteiger partial charge is 0.0126 e. The first kappa shape index (κ1) is 8.55. The van der Waals surface area contributed by atoms with Crippen LogP contribution in [-0.2, 0) is 0 Å². The predicted octanol–water partition coefficient (Wildman–Crippen LogP) is 2.52. The second-order valence-electron chi connectivity index (χ2n) is 5.36. The molecule has 0 N–H and O–H groups in total. The van der Waals surface area contributed by atoms with E-state index in [2.05, 4.69) is 25.8 Å². The van der Waals surface area contributed by atoms with Gasteiger partial charge in [0.25, 0.3) is 0 Å². The maximum absolute atomic E-state index is 2.59. The van der Waals surface area contributed by atoms with Gasteiger partial charge in [-0.15, -0.1) is 0 Å². The predicted molar refractivity (Wildman–Crippen MR) is 52.2 cm³/mol. The van der Waals surface area contributed by atoms with Crippen LogP contribution in [0.3, 0.4) is 0 Å². The molecule has 2 rings (SSSR count). The Bertz CT molecular complexity index is 174. The molecule has 0 radical (unpaired) electrons. The lowest BCUT2D eigenvalue weighted by Gasteiger charge is -2.33. The molecule has 0 amide bonds. The molecule has 2 aliphatic rings. The SMILES string of the molecule is CN1CC(C)(C)[C@@H]2CCCC[C@@H]21. The van der Waals surface area contributed by atoms with E-state index in [-0.39, 0.29) is 0 Å². The summed E-state index contributed by atoms with van der Waals surface area (Å²) in [5.41, 5.74) is 0.583. The van der Waals surface area contributed by atoms with Gasteiger partial charge in [0.1, 0.15) is 0 Å². The maximum Gasteiger partial charge on any atom is 0.0126 e. The zero-order valence-corrected chi connectivity index (χ0v) is 8.64. The molecule has 2 atom stereocenters. The third kappa shape index (κ3) is 1.19. The standard InChI is InChI=1S/C11H21N/c1-11(2)8-12(3)10-7-5-4-6-9(10)11/h9-10H,4-8H2,1-3H3/t9-,10+/m1/s1. The Labute approximate surface area is 76.1 Å². The summed E-state index contributed by atoms with van der Waals surface area (Å²) in [5, 5.41) is 0. The minimum absolute atomic E-state index is 0.583. The van der Waals surface area contributed by atoms with Gasteiger partial charge in [0.2, 0.25) is 0 Å². The summed E-state index contributed by atoms with van der Waals surface area (Å²) in [7, 11) is 2.30. The van der Waals surface area contributed by atoms with Gasteiger partial charge in [0.15, 0.2) is 0 Å². The fraction of sp³-hybridized carbons (Fsp3) is 1.00. The van der Waals surface area contributed by atoms with Gasteiger partial charge < -0.3 is 4.90 Å². The Morgan fingerprint density at radius 2 is 1.83 bits per heavy atom. The number of likely N-dealkylation sites (tertiary alicyclic amines) is 1. The van der Waals surface area contributed by atoms with Crippen LogP contribution in [0.2, 0.25) is 0 Å². The molecule has 1 heteroatoms. The van der Waals surface area contributed by atoms with Crippen LogP contribution in [0.15, 0.2) is 0 Å². The van der Waals surface area contributed by atoms with Crippen molar-refractivity contribution in [1.82, 2.24) is 4.90 Å². The second kappa shape index (κ2) is 2.73. The molecule has 0 aromatic rings. The average Bonchev–Trinajstić information content (AvgIpc) is 2.25. The maximum atomic E-state index is 2.59. The van der Waals surface area contributed by atoms with Crippen LogP contribution < -0.4 is 0 Å². The van der Waals surface area contributed by atoms with Crippen molar-refractivity contribution in [3.63, 3.8) is 0 Å². The molecule has 0 aromatic carbocycles. The average molecular weight is 167 g/mol. The fourth-order valence-electron chi connectivity index (χ4n) is 3.43. The zero-order chi connectivity index (χ0) is 8.77. The van der Waals surface area contributed by atoms with E-state index in [1.54, 1.807) is 0 Å². The third-order valence-corrected chi connectivity index (χ3v) is 3.96. The Kier molecular flexibility index (Phi) is 1.95. The van der Waals surface area contributed by atoms with Crippen LogP contribution in [-0.4, -0.2) is 24.5 Å². The number of rotatable bonds is 0. The molecule has 70 valence electrons. The summed E-state index contributed by atoms with van der Waals surface area (Å²) >= 11 is 0. The van der Waals surface area contributed by atoms with Crippen molar-refractivity contribution in [1.29, 1.82) is 0 Å². The number of hydrogen-bond donors (Lipinski definition) is 0. The molecule has 1 heterocycles. The molecule has 1 aliphatic carbocycles. The minimum Gasteiger partial charge on any atom is -0.303 e. The van der Waals surface area contributed by atoms with E-state index in [0.29, 0.717) is 5.41 Å². The van der Waals surface area contributed by atoms with Crippen LogP contribution in [0, 0.1) is 11.3 Å². The van der Waals surface area contributed by atoms with Gasteiger partial charge in [-0.1, -0.05) is 26.7 Å². The van der Waals surface area contributed by atoms with Crippen LogP contribution in [0.5, 0.6) is 0 Å². The molecular formula is C11H21N. The first-order valence-electron chi connectivity index (χ1n) is 5.31. The van der Waals surface area contributed by atoms with Gasteiger partial charge in [0, 0.05) is 12.6 Å². The van der Waals surface area contributed by atoms with Crippen LogP contribution >= 0.6 is 0 Å². The Morgan fingerprint density at radius 3 is 2.50 bits per heavy atom. The zero-order valence-electron chi connectivity index (χ0n) is 8.64. The third-order valence-electron chi connectivity index (χ3n) is 3.96. The molecule has 1 nitrogen and oxygen atoms in total. The normalized spacial score (nSPS) is 41.2. The first-order valence-corrected chi connectivity index (χ1v) is 5.31. The van der Waals surface area contributed by atoms with Gasteiger partial charge >= 0.3 is 0 Å². The molecule has 0 aromatic heterocycles. The van der Waals surface area contributed by atoms with Crippen LogP contribution in [0.25, 0.3) is 0 Å². The highest BCUT2D eigenvalue weighted by Crippen LogP contribution is 2.46. The highest BCUT2D eigenvalue weighted by molar-refractivity contribution is 4.98. The lowest BCUT2D eigenvalue weighted by molar-refractivity contribution is 0.183. The molecule has 0 spiro atoms. The molecule has 1 saturated carbocycles. The molecule has 1 aliphatic heterocycles. The van der Waals surface area contributed by atoms with Gasteiger partial charge in [-0.05, 0) is 31.2 Å². The summed E-state index contributed by atoms with van der Waals surface area (Å²) in [5.74, 6) is 0.983. The van der Waals surface area contributed by atoms with Gasteiger partial charge in [-0.3, -0.25) is 0 Å². The van der Waals surface area contributed by atoms with Crippen molar-refractivity contribution >= 4 is 0 Å². The lowest BCUT2D eigenvalue weighted by Crippen LogP contribution is -2.32. The van der Waals surface area contributed by atoms with E-state index in [1.165, 1.54) is 32.2 Å². The van der Waals surface area contributed by atoms with Gasteiger partial charge in [0.05, 0.1) is 0 Å². The van der Waals surface area contributed by atoms with E-state index >= 15 is 0 Å². The Morgan fingerprint density at radius 1 is 1.17 bits per heavy atom. The molecule has 1 saturated heterocycles. The highest BCUT2D eigenvalue weighted by Gasteiger charge is 2.45. The molecule has 12 heavy (non-hydrogen) atoms. The Hall–Kier alpha value is -0.0400. The van der Waals surface area contributed by atoms with E-state index in [4.69, 9.17) is 0 Å². The van der Waals surface area contributed by atoms with Gasteiger partial charge in [-0.2, -0.15) is 0 Å². The highest BCUT2D eigenvalue weighted by atomic mass is 15.2. The van der Waals surface area contributed by atoms with Crippen molar-refractivity contribution in [2.24, 2.45) is 11.3 Å². The van der Waals surface area contributed by atoms with E-state index in [1.807, 2.05) is 0 Å². The number of fused-ring (bicyclic) bond motifs is 1. The largest absolute Gasteiger partial charge is 0.303 e. The Balaban J connectivity index is 2.16. The molecule has 0 unspecified atom stereocenters. The van der Waals surface area contributed by atoms with Crippen molar-refractivity contribution in [2.75, 3.05) is 13.6 Å². The van der Waals surface area contributed by atoms with Crippen LogP contribution in [0.4, 0.5) is 0 Å². The first-order chi connectivity index (χ1) is 5.61. The van der Waals surface area contributed by atoms with Gasteiger partial charge in [-0.25, -0.2) is 0 Å². The molecule has 0 bridgehead atoms. The summed E-state index contributed by atoms with van der Waals surface area (Å²) in [6.07, 6.45) is 5.85. The van der Waals surface area contributed by atoms with Crippen LogP contribution in [0.1, 0.15) is 39.5 Å². The van der Waals surface area contributed by atoms with Crippen molar-refractivity contribution in [2.45, 2.75) is 45.6 Å². The van der Waals surface area contributed by atoms with Crippen molar-refractivity contribution in [3.05, 3.63) is 0 Å². The fourth-order valence-corrected chi connectivity index (χ4v) is 3.43. The van der Waals surface area contributed by atoms with E-state index in [0.717, 1.165) is 12.0 Å². The van der Waals surface area contributed by atoms with E-state index in [9.17, 15) is 0 Å². The van der Waals surface area contributed by atoms with E-state index < -0.39 is 0 Å². The summed E-state index contributed by atoms with van der Waals surface area (Å²) < 4.78 is 0. The monoisotopic (exact) mass is 167 g/mol. The number of nitrogens with zero attached hydrogens (tertiary/aromatic N) is 1. The molecule has 2 fully saturated rings. The quantitative estimate of drug-likeness (QED) is 0.536. The topological polar surface area (TPSA) is 3.24 Å². The molecular weight excluding hydrogens is 146 g/mol. The summed E-state index contributed by atoms with van der Waals surface area (Å²) in [6.45, 7) is 6.20.